The Bertz CT molecular complexity index is 637. The minimum absolute atomic E-state index is 0.193. The molecule has 0 radical (unpaired) electrons. The maximum atomic E-state index is 11.9. The van der Waals surface area contributed by atoms with E-state index in [0.29, 0.717) is 11.3 Å². The van der Waals surface area contributed by atoms with Crippen LogP contribution in [0, 0.1) is 5.92 Å². The molecule has 114 valence electrons. The van der Waals surface area contributed by atoms with E-state index in [0.717, 1.165) is 5.75 Å². The smallest absolute Gasteiger partial charge is 0.269 e. The number of ether oxygens (including phenoxy) is 1. The largest absolute Gasteiger partial charge is 0.457 e. The first-order chi connectivity index (χ1) is 10.6. The lowest BCUT2D eigenvalue weighted by Gasteiger charge is -2.10. The maximum absolute atomic E-state index is 11.9. The van der Waals surface area contributed by atoms with Crippen LogP contribution >= 0.6 is 0 Å². The van der Waals surface area contributed by atoms with Gasteiger partial charge in [-0.2, -0.15) is 0 Å². The second-order valence-electron chi connectivity index (χ2n) is 5.04. The molecule has 0 bridgehead atoms. The molecular formula is C17H18N2O3. The van der Waals surface area contributed by atoms with E-state index in [9.17, 15) is 9.59 Å². The van der Waals surface area contributed by atoms with Crippen molar-refractivity contribution in [3.63, 3.8) is 0 Å². The van der Waals surface area contributed by atoms with Crippen LogP contribution in [0.3, 0.4) is 0 Å². The highest BCUT2D eigenvalue weighted by molar-refractivity contribution is 5.95. The number of rotatable bonds is 4. The summed E-state index contributed by atoms with van der Waals surface area (Å²) in [6, 6.07) is 16.0. The minimum atomic E-state index is -0.375. The van der Waals surface area contributed by atoms with Crippen LogP contribution in [0.1, 0.15) is 24.2 Å². The first-order valence-corrected chi connectivity index (χ1v) is 6.99. The molecule has 0 aliphatic rings. The highest BCUT2D eigenvalue weighted by Crippen LogP contribution is 2.20. The average molecular weight is 298 g/mol. The van der Waals surface area contributed by atoms with Gasteiger partial charge in [0.2, 0.25) is 5.91 Å². The number of hydrogen-bond donors (Lipinski definition) is 2. The number of carbonyl (C=O) groups excluding carboxylic acids is 2. The van der Waals surface area contributed by atoms with Crippen LogP contribution in [-0.4, -0.2) is 11.8 Å². The summed E-state index contributed by atoms with van der Waals surface area (Å²) >= 11 is 0. The van der Waals surface area contributed by atoms with Crippen LogP contribution in [0.25, 0.3) is 0 Å². The molecule has 0 saturated carbocycles. The van der Waals surface area contributed by atoms with Crippen LogP contribution in [0.4, 0.5) is 0 Å². The van der Waals surface area contributed by atoms with Crippen LogP contribution in [0.2, 0.25) is 0 Å². The van der Waals surface area contributed by atoms with Crippen molar-refractivity contribution >= 4 is 11.8 Å². The second kappa shape index (κ2) is 7.26. The molecule has 0 aliphatic heterocycles. The fourth-order valence-corrected chi connectivity index (χ4v) is 1.63. The van der Waals surface area contributed by atoms with Gasteiger partial charge in [0.1, 0.15) is 11.5 Å². The number of nitrogens with one attached hydrogen (secondary N) is 2. The summed E-state index contributed by atoms with van der Waals surface area (Å²) < 4.78 is 5.64. The van der Waals surface area contributed by atoms with E-state index in [-0.39, 0.29) is 17.7 Å². The van der Waals surface area contributed by atoms with Gasteiger partial charge >= 0.3 is 0 Å². The molecular weight excluding hydrogens is 280 g/mol. The van der Waals surface area contributed by atoms with E-state index in [2.05, 4.69) is 10.9 Å². The molecule has 0 unspecified atom stereocenters. The third-order valence-corrected chi connectivity index (χ3v) is 2.92. The van der Waals surface area contributed by atoms with Crippen LogP contribution in [0.5, 0.6) is 11.5 Å². The van der Waals surface area contributed by atoms with Crippen molar-refractivity contribution in [3.05, 3.63) is 60.2 Å². The van der Waals surface area contributed by atoms with Crippen LogP contribution < -0.4 is 15.6 Å². The standard InChI is InChI=1S/C17H18N2O3/c1-12(2)16(20)18-19-17(21)13-8-10-15(11-9-13)22-14-6-4-3-5-7-14/h3-12H,1-2H3,(H,18,20)(H,19,21). The quantitative estimate of drug-likeness (QED) is 0.853. The van der Waals surface area contributed by atoms with Gasteiger partial charge in [0.15, 0.2) is 0 Å². The summed E-state index contributed by atoms with van der Waals surface area (Å²) in [4.78, 5) is 23.3. The van der Waals surface area contributed by atoms with E-state index in [4.69, 9.17) is 4.74 Å². The van der Waals surface area contributed by atoms with Gasteiger partial charge in [-0.1, -0.05) is 32.0 Å². The van der Waals surface area contributed by atoms with Crippen molar-refractivity contribution < 1.29 is 14.3 Å². The van der Waals surface area contributed by atoms with Gasteiger partial charge in [-0.3, -0.25) is 20.4 Å². The molecule has 2 aromatic rings. The molecule has 2 rings (SSSR count). The molecule has 0 saturated heterocycles. The molecule has 0 heterocycles. The van der Waals surface area contributed by atoms with Gasteiger partial charge in [-0.05, 0) is 36.4 Å². The topological polar surface area (TPSA) is 67.4 Å². The van der Waals surface area contributed by atoms with Crippen molar-refractivity contribution in [1.82, 2.24) is 10.9 Å². The SMILES string of the molecule is CC(C)C(=O)NNC(=O)c1ccc(Oc2ccccc2)cc1. The van der Waals surface area contributed by atoms with Crippen molar-refractivity contribution in [1.29, 1.82) is 0 Å². The lowest BCUT2D eigenvalue weighted by Crippen LogP contribution is -2.43. The first kappa shape index (κ1) is 15.6. The zero-order valence-corrected chi connectivity index (χ0v) is 12.5. The Morgan fingerprint density at radius 2 is 1.45 bits per heavy atom. The summed E-state index contributed by atoms with van der Waals surface area (Å²) in [5.41, 5.74) is 5.17. The Kier molecular flexibility index (Phi) is 5.14. The Morgan fingerprint density at radius 1 is 0.864 bits per heavy atom. The lowest BCUT2D eigenvalue weighted by molar-refractivity contribution is -0.124. The van der Waals surface area contributed by atoms with Gasteiger partial charge < -0.3 is 4.74 Å². The maximum Gasteiger partial charge on any atom is 0.269 e. The molecule has 0 aliphatic carbocycles. The van der Waals surface area contributed by atoms with Crippen molar-refractivity contribution in [3.8, 4) is 11.5 Å². The third-order valence-electron chi connectivity index (χ3n) is 2.92. The van der Waals surface area contributed by atoms with E-state index in [1.165, 1.54) is 0 Å². The number of hydrazine groups is 1. The van der Waals surface area contributed by atoms with Gasteiger partial charge in [0, 0.05) is 11.5 Å². The van der Waals surface area contributed by atoms with E-state index in [1.54, 1.807) is 38.1 Å². The molecule has 0 fully saturated rings. The molecule has 2 N–H and O–H groups in total. The number of para-hydroxylation sites is 1. The summed E-state index contributed by atoms with van der Waals surface area (Å²) in [7, 11) is 0. The van der Waals surface area contributed by atoms with Crippen molar-refractivity contribution in [2.24, 2.45) is 5.92 Å². The fraction of sp³-hybridized carbons (Fsp3) is 0.176. The minimum Gasteiger partial charge on any atom is -0.457 e. The second-order valence-corrected chi connectivity index (χ2v) is 5.04. The Labute approximate surface area is 129 Å². The molecule has 0 aromatic heterocycles. The number of carbonyl (C=O) groups is 2. The molecule has 0 atom stereocenters. The van der Waals surface area contributed by atoms with Gasteiger partial charge in [0.05, 0.1) is 0 Å². The normalized spacial score (nSPS) is 10.1. The first-order valence-electron chi connectivity index (χ1n) is 6.99. The van der Waals surface area contributed by atoms with Gasteiger partial charge in [0.25, 0.3) is 5.91 Å². The number of benzene rings is 2. The van der Waals surface area contributed by atoms with Crippen LogP contribution in [0.15, 0.2) is 54.6 Å². The zero-order valence-electron chi connectivity index (χ0n) is 12.5. The Morgan fingerprint density at radius 3 is 2.05 bits per heavy atom. The monoisotopic (exact) mass is 298 g/mol. The fourth-order valence-electron chi connectivity index (χ4n) is 1.63. The molecule has 0 spiro atoms. The summed E-state index contributed by atoms with van der Waals surface area (Å²) in [6.07, 6.45) is 0. The average Bonchev–Trinajstić information content (AvgIpc) is 2.54. The summed E-state index contributed by atoms with van der Waals surface area (Å²) in [6.45, 7) is 3.49. The van der Waals surface area contributed by atoms with E-state index < -0.39 is 0 Å². The molecule has 22 heavy (non-hydrogen) atoms. The summed E-state index contributed by atoms with van der Waals surface area (Å²) in [5.74, 6) is 0.553. The van der Waals surface area contributed by atoms with E-state index >= 15 is 0 Å². The predicted octanol–water partition coefficient (Wildman–Crippen LogP) is 2.90. The number of amides is 2. The predicted molar refractivity (Wildman–Crippen MR) is 83.4 cm³/mol. The zero-order chi connectivity index (χ0) is 15.9. The van der Waals surface area contributed by atoms with Crippen molar-refractivity contribution in [2.75, 3.05) is 0 Å². The Balaban J connectivity index is 1.94. The molecule has 2 aromatic carbocycles. The molecule has 5 heteroatoms. The lowest BCUT2D eigenvalue weighted by atomic mass is 10.2. The molecule has 2 amide bonds. The highest BCUT2D eigenvalue weighted by atomic mass is 16.5. The highest BCUT2D eigenvalue weighted by Gasteiger charge is 2.10. The summed E-state index contributed by atoms with van der Waals surface area (Å²) in [5, 5.41) is 0. The third kappa shape index (κ3) is 4.34. The van der Waals surface area contributed by atoms with Crippen molar-refractivity contribution in [2.45, 2.75) is 13.8 Å². The Hall–Kier alpha value is -2.82. The van der Waals surface area contributed by atoms with Crippen LogP contribution in [-0.2, 0) is 4.79 Å². The number of hydrogen-bond acceptors (Lipinski definition) is 3. The van der Waals surface area contributed by atoms with Gasteiger partial charge in [-0.25, -0.2) is 0 Å². The van der Waals surface area contributed by atoms with Gasteiger partial charge in [-0.15, -0.1) is 0 Å². The van der Waals surface area contributed by atoms with E-state index in [1.807, 2.05) is 30.3 Å². The molecule has 5 nitrogen and oxygen atoms in total.